The zero-order chi connectivity index (χ0) is 19.4. The topological polar surface area (TPSA) is 76.1 Å². The van der Waals surface area contributed by atoms with Gasteiger partial charge in [-0.05, 0) is 43.7 Å². The van der Waals surface area contributed by atoms with Crippen LogP contribution >= 0.6 is 0 Å². The van der Waals surface area contributed by atoms with Crippen LogP contribution in [0.1, 0.15) is 28.4 Å². The molecule has 0 fully saturated rings. The summed E-state index contributed by atoms with van der Waals surface area (Å²) in [5, 5.41) is 0. The molecule has 0 unspecified atom stereocenters. The SMILES string of the molecule is CC(=O)c1ccc(S(=O)(=O)NCc2cccnc2-c2cccc(C)c2)cc1. The second-order valence-electron chi connectivity index (χ2n) is 6.29. The van der Waals surface area contributed by atoms with Crippen molar-refractivity contribution in [1.29, 1.82) is 0 Å². The van der Waals surface area contributed by atoms with Crippen LogP contribution in [0.2, 0.25) is 0 Å². The van der Waals surface area contributed by atoms with Crippen LogP contribution in [-0.4, -0.2) is 19.2 Å². The number of hydrogen-bond donors (Lipinski definition) is 1. The maximum atomic E-state index is 12.6. The predicted octanol–water partition coefficient (Wildman–Crippen LogP) is 3.74. The first-order chi connectivity index (χ1) is 12.9. The lowest BCUT2D eigenvalue weighted by Crippen LogP contribution is -2.23. The number of carbonyl (C=O) groups excluding carboxylic acids is 1. The molecule has 2 aromatic carbocycles. The number of nitrogens with zero attached hydrogens (tertiary/aromatic N) is 1. The van der Waals surface area contributed by atoms with Crippen molar-refractivity contribution in [1.82, 2.24) is 9.71 Å². The molecule has 5 nitrogen and oxygen atoms in total. The first kappa shape index (κ1) is 18.9. The van der Waals surface area contributed by atoms with Gasteiger partial charge in [-0.3, -0.25) is 9.78 Å². The second-order valence-corrected chi connectivity index (χ2v) is 8.05. The minimum Gasteiger partial charge on any atom is -0.295 e. The van der Waals surface area contributed by atoms with Gasteiger partial charge in [-0.25, -0.2) is 13.1 Å². The summed E-state index contributed by atoms with van der Waals surface area (Å²) < 4.78 is 27.8. The van der Waals surface area contributed by atoms with Gasteiger partial charge in [0.05, 0.1) is 10.6 Å². The fraction of sp³-hybridized carbons (Fsp3) is 0.143. The standard InChI is InChI=1S/C21H20N2O3S/c1-15-5-3-6-18(13-15)21-19(7-4-12-22-21)14-23-27(25,26)20-10-8-17(9-11-20)16(2)24/h3-13,23H,14H2,1-2H3. The van der Waals surface area contributed by atoms with Crippen molar-refractivity contribution in [3.63, 3.8) is 0 Å². The van der Waals surface area contributed by atoms with Crippen LogP contribution < -0.4 is 4.72 Å². The van der Waals surface area contributed by atoms with Crippen LogP contribution in [-0.2, 0) is 16.6 Å². The highest BCUT2D eigenvalue weighted by Crippen LogP contribution is 2.22. The Morgan fingerprint density at radius 1 is 1.04 bits per heavy atom. The molecule has 1 aromatic heterocycles. The number of hydrogen-bond acceptors (Lipinski definition) is 4. The van der Waals surface area contributed by atoms with Gasteiger partial charge in [-0.1, -0.05) is 42.0 Å². The third kappa shape index (κ3) is 4.48. The Labute approximate surface area is 159 Å². The molecule has 27 heavy (non-hydrogen) atoms. The molecule has 0 aliphatic rings. The quantitative estimate of drug-likeness (QED) is 0.661. The Morgan fingerprint density at radius 2 is 1.78 bits per heavy atom. The van der Waals surface area contributed by atoms with E-state index in [1.807, 2.05) is 37.3 Å². The summed E-state index contributed by atoms with van der Waals surface area (Å²) in [5.74, 6) is -0.106. The molecule has 0 saturated heterocycles. The largest absolute Gasteiger partial charge is 0.295 e. The fourth-order valence-electron chi connectivity index (χ4n) is 2.76. The number of rotatable bonds is 6. The van der Waals surface area contributed by atoms with E-state index >= 15 is 0 Å². The molecule has 0 saturated carbocycles. The molecule has 138 valence electrons. The summed E-state index contributed by atoms with van der Waals surface area (Å²) in [7, 11) is -3.70. The van der Waals surface area contributed by atoms with Gasteiger partial charge in [0.15, 0.2) is 5.78 Å². The van der Waals surface area contributed by atoms with E-state index in [1.54, 1.807) is 12.3 Å². The van der Waals surface area contributed by atoms with Gasteiger partial charge in [0.1, 0.15) is 0 Å². The number of pyridine rings is 1. The number of carbonyl (C=O) groups is 1. The average Bonchev–Trinajstić information content (AvgIpc) is 2.67. The zero-order valence-corrected chi connectivity index (χ0v) is 16.0. The highest BCUT2D eigenvalue weighted by molar-refractivity contribution is 7.89. The van der Waals surface area contributed by atoms with E-state index in [9.17, 15) is 13.2 Å². The molecule has 3 aromatic rings. The minimum absolute atomic E-state index is 0.106. The average molecular weight is 380 g/mol. The van der Waals surface area contributed by atoms with Crippen molar-refractivity contribution >= 4 is 15.8 Å². The van der Waals surface area contributed by atoms with E-state index in [0.717, 1.165) is 22.4 Å². The van der Waals surface area contributed by atoms with Crippen molar-refractivity contribution in [3.05, 3.63) is 83.6 Å². The molecular formula is C21H20N2O3S. The van der Waals surface area contributed by atoms with E-state index in [1.165, 1.54) is 31.2 Å². The molecule has 1 N–H and O–H groups in total. The van der Waals surface area contributed by atoms with Crippen molar-refractivity contribution in [3.8, 4) is 11.3 Å². The molecule has 1 heterocycles. The molecule has 6 heteroatoms. The maximum absolute atomic E-state index is 12.6. The van der Waals surface area contributed by atoms with Crippen LogP contribution in [0.25, 0.3) is 11.3 Å². The van der Waals surface area contributed by atoms with Crippen LogP contribution in [0.4, 0.5) is 0 Å². The van der Waals surface area contributed by atoms with E-state index in [4.69, 9.17) is 0 Å². The number of Topliss-reactive ketones (excluding diaryl/α,β-unsaturated/α-hetero) is 1. The third-order valence-corrected chi connectivity index (χ3v) is 5.62. The normalized spacial score (nSPS) is 11.3. The summed E-state index contributed by atoms with van der Waals surface area (Å²) >= 11 is 0. The van der Waals surface area contributed by atoms with Crippen molar-refractivity contribution in [2.24, 2.45) is 0 Å². The summed E-state index contributed by atoms with van der Waals surface area (Å²) in [6, 6.07) is 17.4. The van der Waals surface area contributed by atoms with Crippen LogP contribution in [0, 0.1) is 6.92 Å². The second kappa shape index (κ2) is 7.82. The van der Waals surface area contributed by atoms with E-state index in [0.29, 0.717) is 5.56 Å². The van der Waals surface area contributed by atoms with E-state index in [-0.39, 0.29) is 17.2 Å². The number of nitrogens with one attached hydrogen (secondary N) is 1. The molecular weight excluding hydrogens is 360 g/mol. The van der Waals surface area contributed by atoms with Gasteiger partial charge < -0.3 is 0 Å². The van der Waals surface area contributed by atoms with Crippen molar-refractivity contribution in [2.45, 2.75) is 25.3 Å². The van der Waals surface area contributed by atoms with Gasteiger partial charge in [-0.15, -0.1) is 0 Å². The lowest BCUT2D eigenvalue weighted by atomic mass is 10.0. The molecule has 0 spiro atoms. The lowest BCUT2D eigenvalue weighted by molar-refractivity contribution is 0.101. The first-order valence-electron chi connectivity index (χ1n) is 8.48. The summed E-state index contributed by atoms with van der Waals surface area (Å²) in [4.78, 5) is 15.9. The number of sulfonamides is 1. The Balaban J connectivity index is 1.83. The smallest absolute Gasteiger partial charge is 0.240 e. The highest BCUT2D eigenvalue weighted by atomic mass is 32.2. The number of benzene rings is 2. The van der Waals surface area contributed by atoms with Gasteiger partial charge in [0.25, 0.3) is 0 Å². The summed E-state index contributed by atoms with van der Waals surface area (Å²) in [6.45, 7) is 3.56. The first-order valence-corrected chi connectivity index (χ1v) is 9.97. The Bertz CT molecular complexity index is 1070. The predicted molar refractivity (Wildman–Crippen MR) is 105 cm³/mol. The monoisotopic (exact) mass is 380 g/mol. The van der Waals surface area contributed by atoms with Gasteiger partial charge in [-0.2, -0.15) is 0 Å². The molecule has 0 atom stereocenters. The number of ketones is 1. The molecule has 0 aliphatic heterocycles. The Kier molecular flexibility index (Phi) is 5.48. The minimum atomic E-state index is -3.70. The van der Waals surface area contributed by atoms with E-state index in [2.05, 4.69) is 9.71 Å². The molecule has 0 radical (unpaired) electrons. The summed E-state index contributed by atoms with van der Waals surface area (Å²) in [5.41, 5.74) is 4.05. The molecule has 0 aliphatic carbocycles. The van der Waals surface area contributed by atoms with Crippen LogP contribution in [0.3, 0.4) is 0 Å². The molecule has 0 bridgehead atoms. The maximum Gasteiger partial charge on any atom is 0.240 e. The summed E-state index contributed by atoms with van der Waals surface area (Å²) in [6.07, 6.45) is 1.69. The Hall–Kier alpha value is -2.83. The van der Waals surface area contributed by atoms with Crippen molar-refractivity contribution in [2.75, 3.05) is 0 Å². The third-order valence-electron chi connectivity index (χ3n) is 4.21. The van der Waals surface area contributed by atoms with Crippen LogP contribution in [0.5, 0.6) is 0 Å². The van der Waals surface area contributed by atoms with Gasteiger partial charge >= 0.3 is 0 Å². The number of aryl methyl sites for hydroxylation is 1. The van der Waals surface area contributed by atoms with Gasteiger partial charge in [0, 0.05) is 23.9 Å². The van der Waals surface area contributed by atoms with E-state index < -0.39 is 10.0 Å². The number of aromatic nitrogens is 1. The van der Waals surface area contributed by atoms with Gasteiger partial charge in [0.2, 0.25) is 10.0 Å². The Morgan fingerprint density at radius 3 is 2.44 bits per heavy atom. The zero-order valence-electron chi connectivity index (χ0n) is 15.1. The highest BCUT2D eigenvalue weighted by Gasteiger charge is 2.16. The van der Waals surface area contributed by atoms with Crippen molar-refractivity contribution < 1.29 is 13.2 Å². The fourth-order valence-corrected chi connectivity index (χ4v) is 3.77. The molecule has 3 rings (SSSR count). The van der Waals surface area contributed by atoms with Crippen LogP contribution in [0.15, 0.2) is 71.8 Å². The molecule has 0 amide bonds. The lowest BCUT2D eigenvalue weighted by Gasteiger charge is -2.11.